The number of hydrogen-bond acceptors (Lipinski definition) is 4. The van der Waals surface area contributed by atoms with Crippen molar-refractivity contribution < 1.29 is 4.79 Å². The van der Waals surface area contributed by atoms with Gasteiger partial charge in [-0.3, -0.25) is 4.79 Å². The molecule has 1 fully saturated rings. The zero-order valence-corrected chi connectivity index (χ0v) is 15.4. The highest BCUT2D eigenvalue weighted by molar-refractivity contribution is 7.16. The lowest BCUT2D eigenvalue weighted by molar-refractivity contribution is 0.0627. The number of nitrogens with one attached hydrogen (secondary N) is 1. The molecular formula is C17H19ClN2OS2. The van der Waals surface area contributed by atoms with Gasteiger partial charge in [0.25, 0.3) is 5.91 Å². The minimum Gasteiger partial charge on any atom is -0.338 e. The maximum absolute atomic E-state index is 12.7. The van der Waals surface area contributed by atoms with E-state index in [1.807, 2.05) is 18.0 Å². The Labute approximate surface area is 149 Å². The molecule has 0 aromatic carbocycles. The Morgan fingerprint density at radius 1 is 1.35 bits per heavy atom. The van der Waals surface area contributed by atoms with Crippen molar-refractivity contribution in [3.8, 4) is 0 Å². The maximum Gasteiger partial charge on any atom is 0.263 e. The van der Waals surface area contributed by atoms with Crippen molar-refractivity contribution in [3.63, 3.8) is 0 Å². The van der Waals surface area contributed by atoms with Gasteiger partial charge in [0.2, 0.25) is 0 Å². The fraction of sp³-hybridized carbons (Fsp3) is 0.471. The van der Waals surface area contributed by atoms with Crippen LogP contribution in [0.15, 0.2) is 18.2 Å². The number of rotatable bonds is 3. The molecule has 2 aromatic rings. The standard InChI is InChI=1S/C17H19ClN2OS2/c1-20(12-6-10(7-12)13-2-3-16(18)23-13)17(21)15-8-11-9-19-5-4-14(11)22-15/h2-3,8,10,12,19H,4-7,9H2,1H3. The molecule has 3 heterocycles. The summed E-state index contributed by atoms with van der Waals surface area (Å²) in [6.07, 6.45) is 3.14. The fourth-order valence-corrected chi connectivity index (χ4v) is 5.73. The van der Waals surface area contributed by atoms with Gasteiger partial charge in [-0.1, -0.05) is 11.6 Å². The molecule has 0 unspecified atom stereocenters. The summed E-state index contributed by atoms with van der Waals surface area (Å²) in [6, 6.07) is 6.52. The number of carbonyl (C=O) groups excluding carboxylic acids is 1. The predicted molar refractivity (Wildman–Crippen MR) is 96.9 cm³/mol. The van der Waals surface area contributed by atoms with Crippen molar-refractivity contribution in [2.75, 3.05) is 13.6 Å². The number of hydrogen-bond donors (Lipinski definition) is 1. The third-order valence-electron chi connectivity index (χ3n) is 4.93. The van der Waals surface area contributed by atoms with Gasteiger partial charge in [0.05, 0.1) is 9.21 Å². The van der Waals surface area contributed by atoms with E-state index in [1.54, 1.807) is 22.7 Å². The molecular weight excluding hydrogens is 348 g/mol. The van der Waals surface area contributed by atoms with Crippen LogP contribution in [0.1, 0.15) is 43.7 Å². The first-order valence-electron chi connectivity index (χ1n) is 7.96. The van der Waals surface area contributed by atoms with Gasteiger partial charge in [-0.05, 0) is 48.9 Å². The van der Waals surface area contributed by atoms with Crippen molar-refractivity contribution in [3.05, 3.63) is 42.7 Å². The van der Waals surface area contributed by atoms with Crippen LogP contribution >= 0.6 is 34.3 Å². The second-order valence-electron chi connectivity index (χ2n) is 6.37. The first kappa shape index (κ1) is 15.6. The fourth-order valence-electron chi connectivity index (χ4n) is 3.38. The highest BCUT2D eigenvalue weighted by Gasteiger charge is 2.36. The van der Waals surface area contributed by atoms with E-state index in [2.05, 4.69) is 17.4 Å². The lowest BCUT2D eigenvalue weighted by Gasteiger charge is -2.40. The average molecular weight is 367 g/mol. The van der Waals surface area contributed by atoms with E-state index in [1.165, 1.54) is 15.3 Å². The molecule has 1 aliphatic heterocycles. The zero-order valence-electron chi connectivity index (χ0n) is 13.0. The molecule has 1 aliphatic carbocycles. The summed E-state index contributed by atoms with van der Waals surface area (Å²) in [5.74, 6) is 0.741. The molecule has 0 saturated heterocycles. The molecule has 0 radical (unpaired) electrons. The molecule has 2 aliphatic rings. The van der Waals surface area contributed by atoms with Crippen LogP contribution in [0.5, 0.6) is 0 Å². The highest BCUT2D eigenvalue weighted by Crippen LogP contribution is 2.43. The normalized spacial score (nSPS) is 23.2. The molecule has 1 amide bonds. The van der Waals surface area contributed by atoms with E-state index in [9.17, 15) is 4.79 Å². The van der Waals surface area contributed by atoms with Crippen LogP contribution < -0.4 is 5.32 Å². The smallest absolute Gasteiger partial charge is 0.263 e. The minimum absolute atomic E-state index is 0.178. The Morgan fingerprint density at radius 2 is 2.17 bits per heavy atom. The van der Waals surface area contributed by atoms with Crippen LogP contribution in [0.25, 0.3) is 0 Å². The van der Waals surface area contributed by atoms with Crippen molar-refractivity contribution >= 4 is 40.2 Å². The Hall–Kier alpha value is -0.880. The van der Waals surface area contributed by atoms with Gasteiger partial charge >= 0.3 is 0 Å². The number of thiophene rings is 2. The second-order valence-corrected chi connectivity index (χ2v) is 9.25. The Kier molecular flexibility index (Phi) is 4.22. The number of halogens is 1. The SMILES string of the molecule is CN(C(=O)c1cc2c(s1)CCNC2)C1CC(c2ccc(Cl)s2)C1. The molecule has 4 rings (SSSR count). The number of nitrogens with zero attached hydrogens (tertiary/aromatic N) is 1. The van der Waals surface area contributed by atoms with E-state index in [0.29, 0.717) is 12.0 Å². The van der Waals surface area contributed by atoms with Gasteiger partial charge in [0.1, 0.15) is 0 Å². The summed E-state index contributed by atoms with van der Waals surface area (Å²) >= 11 is 9.36. The van der Waals surface area contributed by atoms with Crippen LogP contribution in [0.3, 0.4) is 0 Å². The van der Waals surface area contributed by atoms with Crippen LogP contribution in [0.4, 0.5) is 0 Å². The van der Waals surface area contributed by atoms with Crippen LogP contribution in [0.2, 0.25) is 4.34 Å². The van der Waals surface area contributed by atoms with Gasteiger partial charge in [-0.2, -0.15) is 0 Å². The number of fused-ring (bicyclic) bond motifs is 1. The first-order valence-corrected chi connectivity index (χ1v) is 9.97. The quantitative estimate of drug-likeness (QED) is 0.885. The van der Waals surface area contributed by atoms with Crippen molar-refractivity contribution in [1.29, 1.82) is 0 Å². The van der Waals surface area contributed by atoms with Gasteiger partial charge in [-0.25, -0.2) is 0 Å². The van der Waals surface area contributed by atoms with Gasteiger partial charge in [0.15, 0.2) is 0 Å². The van der Waals surface area contributed by atoms with Crippen molar-refractivity contribution in [2.24, 2.45) is 0 Å². The molecule has 23 heavy (non-hydrogen) atoms. The molecule has 2 aromatic heterocycles. The summed E-state index contributed by atoms with van der Waals surface area (Å²) in [6.45, 7) is 1.91. The second kappa shape index (κ2) is 6.20. The monoisotopic (exact) mass is 366 g/mol. The molecule has 0 bridgehead atoms. The van der Waals surface area contributed by atoms with Crippen LogP contribution in [-0.4, -0.2) is 30.4 Å². The predicted octanol–water partition coefficient (Wildman–Crippen LogP) is 4.13. The van der Waals surface area contributed by atoms with E-state index < -0.39 is 0 Å². The van der Waals surface area contributed by atoms with Crippen molar-refractivity contribution in [2.45, 2.75) is 37.8 Å². The molecule has 1 saturated carbocycles. The van der Waals surface area contributed by atoms with E-state index in [-0.39, 0.29) is 5.91 Å². The maximum atomic E-state index is 12.7. The van der Waals surface area contributed by atoms with Crippen LogP contribution in [0, 0.1) is 0 Å². The Balaban J connectivity index is 1.40. The zero-order chi connectivity index (χ0) is 16.0. The minimum atomic E-state index is 0.178. The van der Waals surface area contributed by atoms with Gasteiger partial charge < -0.3 is 10.2 Å². The number of carbonyl (C=O) groups is 1. The van der Waals surface area contributed by atoms with E-state index in [0.717, 1.165) is 41.6 Å². The first-order chi connectivity index (χ1) is 11.1. The lowest BCUT2D eigenvalue weighted by atomic mass is 9.78. The Bertz CT molecular complexity index is 709. The molecule has 3 nitrogen and oxygen atoms in total. The molecule has 122 valence electrons. The lowest BCUT2D eigenvalue weighted by Crippen LogP contribution is -2.44. The van der Waals surface area contributed by atoms with E-state index in [4.69, 9.17) is 11.6 Å². The van der Waals surface area contributed by atoms with Gasteiger partial charge in [0, 0.05) is 35.9 Å². The van der Waals surface area contributed by atoms with Crippen LogP contribution in [-0.2, 0) is 13.0 Å². The van der Waals surface area contributed by atoms with E-state index >= 15 is 0 Å². The van der Waals surface area contributed by atoms with Crippen molar-refractivity contribution in [1.82, 2.24) is 10.2 Å². The summed E-state index contributed by atoms with van der Waals surface area (Å²) in [4.78, 5) is 18.3. The third kappa shape index (κ3) is 2.95. The van der Waals surface area contributed by atoms with Gasteiger partial charge in [-0.15, -0.1) is 22.7 Å². The third-order valence-corrected chi connectivity index (χ3v) is 7.55. The summed E-state index contributed by atoms with van der Waals surface area (Å²) in [7, 11) is 1.95. The Morgan fingerprint density at radius 3 is 2.87 bits per heavy atom. The summed E-state index contributed by atoms with van der Waals surface area (Å²) in [5.41, 5.74) is 1.30. The molecule has 0 spiro atoms. The average Bonchev–Trinajstić information content (AvgIpc) is 3.11. The molecule has 0 atom stereocenters. The largest absolute Gasteiger partial charge is 0.338 e. The topological polar surface area (TPSA) is 32.3 Å². The number of amides is 1. The summed E-state index contributed by atoms with van der Waals surface area (Å²) in [5, 5.41) is 3.37. The summed E-state index contributed by atoms with van der Waals surface area (Å²) < 4.78 is 0.852. The highest BCUT2D eigenvalue weighted by atomic mass is 35.5. The molecule has 6 heteroatoms. The molecule has 1 N–H and O–H groups in total.